The van der Waals surface area contributed by atoms with E-state index in [1.54, 1.807) is 6.20 Å². The summed E-state index contributed by atoms with van der Waals surface area (Å²) in [5.41, 5.74) is 5.67. The van der Waals surface area contributed by atoms with E-state index in [2.05, 4.69) is 18.9 Å². The zero-order chi connectivity index (χ0) is 8.27. The van der Waals surface area contributed by atoms with Crippen LogP contribution in [0.3, 0.4) is 0 Å². The topological polar surface area (TPSA) is 43.8 Å². The van der Waals surface area contributed by atoms with E-state index >= 15 is 0 Å². The Hall–Kier alpha value is -0.990. The summed E-state index contributed by atoms with van der Waals surface area (Å²) in [5.74, 6) is 0.756. The number of nitrogen functional groups attached to an aromatic ring is 1. The third-order valence-corrected chi connectivity index (χ3v) is 1.82. The molecule has 0 aromatic carbocycles. The van der Waals surface area contributed by atoms with Gasteiger partial charge in [0.25, 0.3) is 0 Å². The summed E-state index contributed by atoms with van der Waals surface area (Å²) in [6.07, 6.45) is 4.04. The van der Waals surface area contributed by atoms with Gasteiger partial charge in [0.15, 0.2) is 0 Å². The summed E-state index contributed by atoms with van der Waals surface area (Å²) in [4.78, 5) is 0. The Labute approximate surface area is 67.2 Å². The standard InChI is InChI=1S/C8H15N3/c1-3-4-7(2)11-8(9)5-6-10-11/h5-7H,3-4,9H2,1-2H3/t7-/m1/s1. The molecule has 0 spiro atoms. The highest BCUT2D eigenvalue weighted by molar-refractivity contribution is 5.26. The number of hydrogen-bond acceptors (Lipinski definition) is 2. The van der Waals surface area contributed by atoms with Crippen LogP contribution in [0, 0.1) is 0 Å². The first kappa shape index (κ1) is 8.11. The Morgan fingerprint density at radius 1 is 1.73 bits per heavy atom. The van der Waals surface area contributed by atoms with Crippen molar-refractivity contribution in [2.45, 2.75) is 32.7 Å². The quantitative estimate of drug-likeness (QED) is 0.719. The first-order chi connectivity index (χ1) is 5.25. The zero-order valence-corrected chi connectivity index (χ0v) is 7.12. The number of nitrogens with two attached hydrogens (primary N) is 1. The van der Waals surface area contributed by atoms with Gasteiger partial charge in [-0.1, -0.05) is 13.3 Å². The second kappa shape index (κ2) is 3.42. The Morgan fingerprint density at radius 3 is 2.91 bits per heavy atom. The first-order valence-electron chi connectivity index (χ1n) is 4.04. The highest BCUT2D eigenvalue weighted by Crippen LogP contribution is 2.14. The molecule has 0 saturated carbocycles. The van der Waals surface area contributed by atoms with Gasteiger partial charge < -0.3 is 5.73 Å². The smallest absolute Gasteiger partial charge is 0.121 e. The van der Waals surface area contributed by atoms with Crippen molar-refractivity contribution >= 4 is 5.82 Å². The summed E-state index contributed by atoms with van der Waals surface area (Å²) >= 11 is 0. The lowest BCUT2D eigenvalue weighted by Crippen LogP contribution is -2.09. The maximum atomic E-state index is 5.67. The summed E-state index contributed by atoms with van der Waals surface area (Å²) < 4.78 is 1.86. The van der Waals surface area contributed by atoms with Gasteiger partial charge in [-0.25, -0.2) is 4.68 Å². The minimum atomic E-state index is 0.426. The van der Waals surface area contributed by atoms with Crippen LogP contribution in [0.5, 0.6) is 0 Å². The van der Waals surface area contributed by atoms with Crippen LogP contribution in [0.25, 0.3) is 0 Å². The molecule has 0 bridgehead atoms. The maximum Gasteiger partial charge on any atom is 0.121 e. The lowest BCUT2D eigenvalue weighted by atomic mass is 10.2. The minimum Gasteiger partial charge on any atom is -0.384 e. The maximum absolute atomic E-state index is 5.67. The summed E-state index contributed by atoms with van der Waals surface area (Å²) in [6, 6.07) is 2.25. The molecule has 1 aromatic heterocycles. The largest absolute Gasteiger partial charge is 0.384 e. The normalized spacial score (nSPS) is 13.3. The van der Waals surface area contributed by atoms with Gasteiger partial charge >= 0.3 is 0 Å². The number of aromatic nitrogens is 2. The molecule has 2 N–H and O–H groups in total. The van der Waals surface area contributed by atoms with Gasteiger partial charge in [0.2, 0.25) is 0 Å². The van der Waals surface area contributed by atoms with E-state index in [-0.39, 0.29) is 0 Å². The molecule has 0 aliphatic rings. The van der Waals surface area contributed by atoms with Crippen molar-refractivity contribution in [2.75, 3.05) is 5.73 Å². The predicted octanol–water partition coefficient (Wildman–Crippen LogP) is 1.83. The van der Waals surface area contributed by atoms with Gasteiger partial charge in [-0.15, -0.1) is 0 Å². The van der Waals surface area contributed by atoms with Crippen LogP contribution < -0.4 is 5.73 Å². The van der Waals surface area contributed by atoms with Crippen molar-refractivity contribution in [3.63, 3.8) is 0 Å². The van der Waals surface area contributed by atoms with Crippen molar-refractivity contribution in [3.05, 3.63) is 12.3 Å². The van der Waals surface area contributed by atoms with E-state index in [9.17, 15) is 0 Å². The Balaban J connectivity index is 2.67. The van der Waals surface area contributed by atoms with Gasteiger partial charge in [0, 0.05) is 0 Å². The van der Waals surface area contributed by atoms with E-state index in [1.165, 1.54) is 6.42 Å². The van der Waals surface area contributed by atoms with Gasteiger partial charge in [-0.05, 0) is 19.4 Å². The molecule has 0 amide bonds. The molecule has 0 saturated heterocycles. The lowest BCUT2D eigenvalue weighted by molar-refractivity contribution is 0.461. The van der Waals surface area contributed by atoms with Crippen LogP contribution >= 0.6 is 0 Å². The predicted molar refractivity (Wildman–Crippen MR) is 46.3 cm³/mol. The molecule has 1 atom stereocenters. The third-order valence-electron chi connectivity index (χ3n) is 1.82. The van der Waals surface area contributed by atoms with Gasteiger partial charge in [-0.3, -0.25) is 0 Å². The van der Waals surface area contributed by atoms with Crippen LogP contribution in [0.2, 0.25) is 0 Å². The molecule has 0 aliphatic carbocycles. The molecule has 3 nitrogen and oxygen atoms in total. The summed E-state index contributed by atoms with van der Waals surface area (Å²) in [6.45, 7) is 4.29. The van der Waals surface area contributed by atoms with Gasteiger partial charge in [-0.2, -0.15) is 5.10 Å². The Bertz CT molecular complexity index is 217. The molecule has 1 heterocycles. The number of nitrogens with zero attached hydrogens (tertiary/aromatic N) is 2. The fourth-order valence-corrected chi connectivity index (χ4v) is 1.23. The highest BCUT2D eigenvalue weighted by Gasteiger charge is 2.05. The third kappa shape index (κ3) is 1.73. The van der Waals surface area contributed by atoms with Gasteiger partial charge in [0.1, 0.15) is 5.82 Å². The molecule has 3 heteroatoms. The van der Waals surface area contributed by atoms with Crippen molar-refractivity contribution < 1.29 is 0 Å². The van der Waals surface area contributed by atoms with E-state index in [4.69, 9.17) is 5.73 Å². The second-order valence-electron chi connectivity index (χ2n) is 2.84. The van der Waals surface area contributed by atoms with E-state index in [0.717, 1.165) is 12.2 Å². The fourth-order valence-electron chi connectivity index (χ4n) is 1.23. The van der Waals surface area contributed by atoms with Crippen molar-refractivity contribution in [2.24, 2.45) is 0 Å². The number of rotatable bonds is 3. The van der Waals surface area contributed by atoms with Crippen LogP contribution in [-0.2, 0) is 0 Å². The van der Waals surface area contributed by atoms with Crippen LogP contribution in [0.1, 0.15) is 32.7 Å². The highest BCUT2D eigenvalue weighted by atomic mass is 15.3. The van der Waals surface area contributed by atoms with Crippen molar-refractivity contribution in [1.29, 1.82) is 0 Å². The molecule has 1 rings (SSSR count). The average Bonchev–Trinajstić information content (AvgIpc) is 2.36. The summed E-state index contributed by atoms with van der Waals surface area (Å²) in [5, 5.41) is 4.13. The second-order valence-corrected chi connectivity index (χ2v) is 2.84. The average molecular weight is 153 g/mol. The van der Waals surface area contributed by atoms with Crippen molar-refractivity contribution in [3.8, 4) is 0 Å². The number of hydrogen-bond donors (Lipinski definition) is 1. The van der Waals surface area contributed by atoms with Crippen LogP contribution in [-0.4, -0.2) is 9.78 Å². The lowest BCUT2D eigenvalue weighted by Gasteiger charge is -2.11. The van der Waals surface area contributed by atoms with Gasteiger partial charge in [0.05, 0.1) is 12.2 Å². The van der Waals surface area contributed by atoms with E-state index in [1.807, 2.05) is 10.7 Å². The molecule has 0 unspecified atom stereocenters. The zero-order valence-electron chi connectivity index (χ0n) is 7.12. The number of anilines is 1. The Morgan fingerprint density at radius 2 is 2.45 bits per heavy atom. The monoisotopic (exact) mass is 153 g/mol. The molecule has 62 valence electrons. The fraction of sp³-hybridized carbons (Fsp3) is 0.625. The molecule has 1 aromatic rings. The first-order valence-corrected chi connectivity index (χ1v) is 4.04. The van der Waals surface area contributed by atoms with Crippen molar-refractivity contribution in [1.82, 2.24) is 9.78 Å². The van der Waals surface area contributed by atoms with Crippen LogP contribution in [0.15, 0.2) is 12.3 Å². The minimum absolute atomic E-state index is 0.426. The van der Waals surface area contributed by atoms with Crippen LogP contribution in [0.4, 0.5) is 5.82 Å². The Kier molecular flexibility index (Phi) is 2.52. The molecule has 11 heavy (non-hydrogen) atoms. The molecule has 0 aliphatic heterocycles. The SMILES string of the molecule is CCC[C@@H](C)n1nccc1N. The summed E-state index contributed by atoms with van der Waals surface area (Å²) in [7, 11) is 0. The molecule has 0 fully saturated rings. The molecular formula is C8H15N3. The van der Waals surface area contributed by atoms with E-state index in [0.29, 0.717) is 6.04 Å². The molecular weight excluding hydrogens is 138 g/mol. The molecule has 0 radical (unpaired) electrons. The van der Waals surface area contributed by atoms with E-state index < -0.39 is 0 Å².